The van der Waals surface area contributed by atoms with Crippen LogP contribution >= 0.6 is 0 Å². The average molecular weight is 180 g/mol. The molecule has 0 aromatic rings. The zero-order valence-electron chi connectivity index (χ0n) is 6.15. The highest BCUT2D eigenvalue weighted by Crippen LogP contribution is 2.05. The first-order valence-electron chi connectivity index (χ1n) is 3.58. The molecule has 0 aromatic heterocycles. The van der Waals surface area contributed by atoms with Crippen LogP contribution in [0.15, 0.2) is 0 Å². The predicted octanol–water partition coefficient (Wildman–Crippen LogP) is -0.220. The van der Waals surface area contributed by atoms with Crippen molar-refractivity contribution in [3.63, 3.8) is 0 Å². The predicted molar refractivity (Wildman–Crippen MR) is 40.1 cm³/mol. The zero-order chi connectivity index (χ0) is 8.32. The number of nitrogens with zero attached hydrogens (tertiary/aromatic N) is 1. The summed E-state index contributed by atoms with van der Waals surface area (Å²) in [4.78, 5) is 2.02. The summed E-state index contributed by atoms with van der Waals surface area (Å²) in [6, 6.07) is 0. The second-order valence-corrected chi connectivity index (χ2v) is 3.75. The lowest BCUT2D eigenvalue weighted by Gasteiger charge is -2.24. The summed E-state index contributed by atoms with van der Waals surface area (Å²) >= 11 is 0. The van der Waals surface area contributed by atoms with Crippen molar-refractivity contribution in [2.24, 2.45) is 0 Å². The lowest BCUT2D eigenvalue weighted by Crippen LogP contribution is -2.44. The third-order valence-electron chi connectivity index (χ3n) is 1.60. The van der Waals surface area contributed by atoms with Gasteiger partial charge in [-0.2, -0.15) is 8.42 Å². The van der Waals surface area contributed by atoms with Crippen LogP contribution in [0.3, 0.4) is 0 Å². The molecule has 0 atom stereocenters. The van der Waals surface area contributed by atoms with Gasteiger partial charge in [0, 0.05) is 13.1 Å². The maximum atomic E-state index is 10.3. The number of nitrogens with one attached hydrogen (secondary N) is 1. The molecule has 0 spiro atoms. The van der Waals surface area contributed by atoms with Gasteiger partial charge in [0.2, 0.25) is 0 Å². The molecule has 11 heavy (non-hydrogen) atoms. The van der Waals surface area contributed by atoms with E-state index < -0.39 is 10.3 Å². The SMILES string of the molecule is O=S(=O)(O)NN1CCCCC1. The van der Waals surface area contributed by atoms with Crippen LogP contribution in [0.2, 0.25) is 0 Å². The molecular formula is C5H12N2O3S. The van der Waals surface area contributed by atoms with Crippen molar-refractivity contribution in [1.29, 1.82) is 0 Å². The van der Waals surface area contributed by atoms with Crippen molar-refractivity contribution >= 4 is 10.3 Å². The molecular weight excluding hydrogens is 168 g/mol. The molecule has 1 aliphatic heterocycles. The Morgan fingerprint density at radius 1 is 1.18 bits per heavy atom. The van der Waals surface area contributed by atoms with Gasteiger partial charge in [-0.3, -0.25) is 4.55 Å². The summed E-state index contributed by atoms with van der Waals surface area (Å²) in [5, 5.41) is 1.51. The minimum absolute atomic E-state index is 0.680. The Kier molecular flexibility index (Phi) is 2.83. The van der Waals surface area contributed by atoms with Crippen molar-refractivity contribution in [3.8, 4) is 0 Å². The Labute approximate surface area is 66.2 Å². The van der Waals surface area contributed by atoms with Gasteiger partial charge in [0.05, 0.1) is 0 Å². The van der Waals surface area contributed by atoms with Gasteiger partial charge in [-0.15, -0.1) is 4.83 Å². The second kappa shape index (κ2) is 3.48. The largest absolute Gasteiger partial charge is 0.346 e. The summed E-state index contributed by atoms with van der Waals surface area (Å²) < 4.78 is 29.0. The van der Waals surface area contributed by atoms with Crippen LogP contribution in [0.5, 0.6) is 0 Å². The smallest absolute Gasteiger partial charge is 0.273 e. The Bertz CT molecular complexity index is 208. The number of piperidine rings is 1. The molecule has 0 aliphatic carbocycles. The van der Waals surface area contributed by atoms with Gasteiger partial charge in [0.25, 0.3) is 0 Å². The van der Waals surface area contributed by atoms with Gasteiger partial charge in [0.15, 0.2) is 0 Å². The highest BCUT2D eigenvalue weighted by atomic mass is 32.2. The fraction of sp³-hybridized carbons (Fsp3) is 1.00. The number of hydrogen-bond acceptors (Lipinski definition) is 3. The normalized spacial score (nSPS) is 21.9. The molecule has 0 radical (unpaired) electrons. The maximum absolute atomic E-state index is 10.3. The van der Waals surface area contributed by atoms with Crippen LogP contribution in [-0.4, -0.2) is 31.1 Å². The summed E-state index contributed by atoms with van der Waals surface area (Å²) in [5.74, 6) is 0. The van der Waals surface area contributed by atoms with Gasteiger partial charge in [-0.25, -0.2) is 5.01 Å². The Balaban J connectivity index is 2.36. The van der Waals surface area contributed by atoms with Crippen LogP contribution < -0.4 is 4.83 Å². The molecule has 1 rings (SSSR count). The van der Waals surface area contributed by atoms with Gasteiger partial charge in [-0.05, 0) is 12.8 Å². The Hall–Kier alpha value is -0.170. The first-order chi connectivity index (χ1) is 5.08. The molecule has 1 saturated heterocycles. The highest BCUT2D eigenvalue weighted by Gasteiger charge is 2.14. The van der Waals surface area contributed by atoms with E-state index in [1.54, 1.807) is 0 Å². The fourth-order valence-electron chi connectivity index (χ4n) is 1.15. The van der Waals surface area contributed by atoms with Crippen molar-refractivity contribution in [3.05, 3.63) is 0 Å². The van der Waals surface area contributed by atoms with E-state index in [0.717, 1.165) is 19.3 Å². The third-order valence-corrected chi connectivity index (χ3v) is 2.09. The standard InChI is InChI=1S/C5H12N2O3S/c8-11(9,10)6-7-4-2-1-3-5-7/h6H,1-5H2,(H,8,9,10). The molecule has 2 N–H and O–H groups in total. The summed E-state index contributed by atoms with van der Waals surface area (Å²) in [7, 11) is -4.05. The van der Waals surface area contributed by atoms with E-state index in [9.17, 15) is 8.42 Å². The number of hydrogen-bond donors (Lipinski definition) is 2. The summed E-state index contributed by atoms with van der Waals surface area (Å²) in [6.07, 6.45) is 3.08. The molecule has 6 heteroatoms. The monoisotopic (exact) mass is 180 g/mol. The molecule has 1 fully saturated rings. The molecule has 0 aromatic carbocycles. The highest BCUT2D eigenvalue weighted by molar-refractivity contribution is 7.83. The number of hydrazine groups is 1. The van der Waals surface area contributed by atoms with Crippen molar-refractivity contribution < 1.29 is 13.0 Å². The zero-order valence-corrected chi connectivity index (χ0v) is 6.97. The Morgan fingerprint density at radius 3 is 2.18 bits per heavy atom. The van der Waals surface area contributed by atoms with Crippen LogP contribution in [0, 0.1) is 0 Å². The topological polar surface area (TPSA) is 69.6 Å². The van der Waals surface area contributed by atoms with E-state index in [-0.39, 0.29) is 0 Å². The van der Waals surface area contributed by atoms with Crippen LogP contribution in [0.25, 0.3) is 0 Å². The fourth-order valence-corrected chi connectivity index (χ4v) is 1.66. The third kappa shape index (κ3) is 3.66. The summed E-state index contributed by atoms with van der Waals surface area (Å²) in [5.41, 5.74) is 0. The van der Waals surface area contributed by atoms with Crippen molar-refractivity contribution in [2.45, 2.75) is 19.3 Å². The van der Waals surface area contributed by atoms with E-state index in [1.807, 2.05) is 4.83 Å². The lowest BCUT2D eigenvalue weighted by atomic mass is 10.2. The van der Waals surface area contributed by atoms with E-state index >= 15 is 0 Å². The first-order valence-corrected chi connectivity index (χ1v) is 5.02. The molecule has 1 aliphatic rings. The Morgan fingerprint density at radius 2 is 1.73 bits per heavy atom. The van der Waals surface area contributed by atoms with Gasteiger partial charge < -0.3 is 0 Å². The molecule has 0 saturated carbocycles. The molecule has 66 valence electrons. The van der Waals surface area contributed by atoms with Crippen LogP contribution in [0.1, 0.15) is 19.3 Å². The minimum Gasteiger partial charge on any atom is -0.273 e. The lowest BCUT2D eigenvalue weighted by molar-refractivity contribution is 0.192. The molecule has 0 unspecified atom stereocenters. The van der Waals surface area contributed by atoms with Crippen molar-refractivity contribution in [2.75, 3.05) is 13.1 Å². The van der Waals surface area contributed by atoms with E-state index in [0.29, 0.717) is 13.1 Å². The van der Waals surface area contributed by atoms with Crippen LogP contribution in [0.4, 0.5) is 0 Å². The van der Waals surface area contributed by atoms with Gasteiger partial charge in [-0.1, -0.05) is 6.42 Å². The molecule has 1 heterocycles. The first kappa shape index (κ1) is 8.92. The molecule has 0 amide bonds. The van der Waals surface area contributed by atoms with E-state index in [1.165, 1.54) is 5.01 Å². The minimum atomic E-state index is -4.05. The van der Waals surface area contributed by atoms with Gasteiger partial charge >= 0.3 is 10.3 Å². The maximum Gasteiger partial charge on any atom is 0.346 e. The quantitative estimate of drug-likeness (QED) is 0.576. The van der Waals surface area contributed by atoms with Crippen LogP contribution in [-0.2, 0) is 10.3 Å². The second-order valence-electron chi connectivity index (χ2n) is 2.61. The number of rotatable bonds is 2. The molecule has 0 bridgehead atoms. The average Bonchev–Trinajstić information content (AvgIpc) is 1.85. The summed E-state index contributed by atoms with van der Waals surface area (Å²) in [6.45, 7) is 1.36. The van der Waals surface area contributed by atoms with E-state index in [4.69, 9.17) is 4.55 Å². The van der Waals surface area contributed by atoms with Crippen molar-refractivity contribution in [1.82, 2.24) is 9.84 Å². The molecule has 5 nitrogen and oxygen atoms in total. The van der Waals surface area contributed by atoms with E-state index in [2.05, 4.69) is 0 Å². The van der Waals surface area contributed by atoms with Gasteiger partial charge in [0.1, 0.15) is 0 Å².